The number of carbonyl (C=O) groups is 1. The Hall–Kier alpha value is -0.610. The van der Waals surface area contributed by atoms with E-state index in [9.17, 15) is 4.79 Å². The molecule has 0 amide bonds. The molecular weight excluding hydrogens is 158 g/mol. The predicted molar refractivity (Wildman–Crippen MR) is 45.1 cm³/mol. The Bertz CT molecular complexity index is 151. The van der Waals surface area contributed by atoms with Gasteiger partial charge < -0.3 is 15.2 Å². The van der Waals surface area contributed by atoms with Crippen molar-refractivity contribution < 1.29 is 14.3 Å². The van der Waals surface area contributed by atoms with Crippen LogP contribution in [0.5, 0.6) is 0 Å². The van der Waals surface area contributed by atoms with E-state index in [0.717, 1.165) is 0 Å². The molecular formula is C8H16NO3. The first-order chi connectivity index (χ1) is 5.35. The van der Waals surface area contributed by atoms with Crippen molar-refractivity contribution in [3.63, 3.8) is 0 Å². The summed E-state index contributed by atoms with van der Waals surface area (Å²) in [5.74, 6) is -0.461. The van der Waals surface area contributed by atoms with Gasteiger partial charge in [0.05, 0.1) is 0 Å². The van der Waals surface area contributed by atoms with Crippen molar-refractivity contribution in [2.45, 2.75) is 32.6 Å². The first-order valence-corrected chi connectivity index (χ1v) is 3.71. The van der Waals surface area contributed by atoms with Crippen LogP contribution in [0.3, 0.4) is 0 Å². The maximum absolute atomic E-state index is 11.0. The Morgan fingerprint density at radius 2 is 2.00 bits per heavy atom. The highest BCUT2D eigenvalue weighted by atomic mass is 16.6. The second kappa shape index (κ2) is 4.42. The van der Waals surface area contributed by atoms with Crippen molar-refractivity contribution in [1.82, 2.24) is 0 Å². The monoisotopic (exact) mass is 174 g/mol. The lowest BCUT2D eigenvalue weighted by atomic mass is 10.2. The highest BCUT2D eigenvalue weighted by molar-refractivity contribution is 5.79. The molecule has 1 radical (unpaired) electrons. The van der Waals surface area contributed by atoms with Gasteiger partial charge in [-0.2, -0.15) is 0 Å². The normalized spacial score (nSPS) is 14.1. The molecule has 0 bridgehead atoms. The highest BCUT2D eigenvalue weighted by Crippen LogP contribution is 2.08. The smallest absolute Gasteiger partial charge is 0.314 e. The average Bonchev–Trinajstić information content (AvgIpc) is 1.82. The molecule has 1 atom stereocenters. The summed E-state index contributed by atoms with van der Waals surface area (Å²) in [6, 6.07) is 0. The lowest BCUT2D eigenvalue weighted by Gasteiger charge is -2.20. The number of carbonyl (C=O) groups excluding carboxylic acids is 1. The van der Waals surface area contributed by atoms with Crippen LogP contribution < -0.4 is 5.73 Å². The van der Waals surface area contributed by atoms with Crippen molar-refractivity contribution in [2.24, 2.45) is 5.73 Å². The standard InChI is InChI=1S/C8H16NO3/c1-8(2,3)12-7(10)5-6(9)11-4/h5-6H,9H2,1-4H3. The maximum Gasteiger partial charge on any atom is 0.314 e. The molecule has 0 aliphatic heterocycles. The van der Waals surface area contributed by atoms with Crippen molar-refractivity contribution in [1.29, 1.82) is 0 Å². The minimum atomic E-state index is -0.695. The van der Waals surface area contributed by atoms with Gasteiger partial charge in [0.15, 0.2) is 0 Å². The largest absolute Gasteiger partial charge is 0.460 e. The lowest BCUT2D eigenvalue weighted by molar-refractivity contribution is -0.151. The van der Waals surface area contributed by atoms with E-state index < -0.39 is 17.8 Å². The van der Waals surface area contributed by atoms with Crippen LogP contribution in [0.25, 0.3) is 0 Å². The van der Waals surface area contributed by atoms with Crippen molar-refractivity contribution >= 4 is 5.97 Å². The molecule has 0 fully saturated rings. The molecule has 0 aromatic carbocycles. The van der Waals surface area contributed by atoms with Crippen LogP contribution in [-0.2, 0) is 14.3 Å². The van der Waals surface area contributed by atoms with E-state index in [1.807, 2.05) is 0 Å². The van der Waals surface area contributed by atoms with Gasteiger partial charge in [0.2, 0.25) is 0 Å². The quantitative estimate of drug-likeness (QED) is 0.499. The number of nitrogens with two attached hydrogens (primary N) is 1. The fraction of sp³-hybridized carbons (Fsp3) is 0.750. The molecule has 71 valence electrons. The molecule has 1 unspecified atom stereocenters. The molecule has 0 aromatic rings. The van der Waals surface area contributed by atoms with Crippen LogP contribution in [-0.4, -0.2) is 24.9 Å². The van der Waals surface area contributed by atoms with Gasteiger partial charge in [0, 0.05) is 7.11 Å². The van der Waals surface area contributed by atoms with Gasteiger partial charge >= 0.3 is 5.97 Å². The average molecular weight is 174 g/mol. The molecule has 12 heavy (non-hydrogen) atoms. The van der Waals surface area contributed by atoms with Crippen molar-refractivity contribution in [3.05, 3.63) is 6.42 Å². The summed E-state index contributed by atoms with van der Waals surface area (Å²) < 4.78 is 9.61. The van der Waals surface area contributed by atoms with Gasteiger partial charge in [0.1, 0.15) is 18.2 Å². The summed E-state index contributed by atoms with van der Waals surface area (Å²) in [6.07, 6.45) is 0.491. The molecule has 2 N–H and O–H groups in total. The van der Waals surface area contributed by atoms with Crippen molar-refractivity contribution in [3.8, 4) is 0 Å². The van der Waals surface area contributed by atoms with E-state index in [1.165, 1.54) is 13.5 Å². The minimum absolute atomic E-state index is 0.461. The number of ether oxygens (including phenoxy) is 2. The third kappa shape index (κ3) is 6.12. The zero-order chi connectivity index (χ0) is 9.78. The second-order valence-electron chi connectivity index (χ2n) is 3.40. The topological polar surface area (TPSA) is 61.5 Å². The SMILES string of the molecule is COC(N)[CH]C(=O)OC(C)(C)C. The van der Waals surface area contributed by atoms with Crippen LogP contribution in [0, 0.1) is 6.42 Å². The Balaban J connectivity index is 3.75. The van der Waals surface area contributed by atoms with Gasteiger partial charge in [-0.25, -0.2) is 0 Å². The second-order valence-corrected chi connectivity index (χ2v) is 3.40. The van der Waals surface area contributed by atoms with E-state index in [2.05, 4.69) is 4.74 Å². The Morgan fingerprint density at radius 3 is 2.33 bits per heavy atom. The van der Waals surface area contributed by atoms with Gasteiger partial charge in [0.25, 0.3) is 0 Å². The maximum atomic E-state index is 11.0. The van der Waals surface area contributed by atoms with Gasteiger partial charge in [-0.15, -0.1) is 0 Å². The fourth-order valence-corrected chi connectivity index (χ4v) is 0.538. The number of rotatable bonds is 3. The Morgan fingerprint density at radius 1 is 1.50 bits per heavy atom. The summed E-state index contributed by atoms with van der Waals surface area (Å²) >= 11 is 0. The molecule has 0 saturated carbocycles. The third-order valence-electron chi connectivity index (χ3n) is 0.979. The molecule has 4 heteroatoms. The highest BCUT2D eigenvalue weighted by Gasteiger charge is 2.18. The first kappa shape index (κ1) is 11.4. The lowest BCUT2D eigenvalue weighted by Crippen LogP contribution is -2.31. The molecule has 4 nitrogen and oxygen atoms in total. The van der Waals surface area contributed by atoms with Gasteiger partial charge in [-0.3, -0.25) is 4.79 Å². The van der Waals surface area contributed by atoms with Crippen LogP contribution in [0.4, 0.5) is 0 Å². The number of esters is 1. The zero-order valence-corrected chi connectivity index (χ0v) is 7.96. The molecule has 0 aliphatic rings. The number of methoxy groups -OCH3 is 1. The Labute approximate surface area is 73.0 Å². The fourth-order valence-electron chi connectivity index (χ4n) is 0.538. The molecule has 0 saturated heterocycles. The summed E-state index contributed by atoms with van der Waals surface area (Å²) in [5, 5.41) is 0. The summed E-state index contributed by atoms with van der Waals surface area (Å²) in [5.41, 5.74) is 4.83. The first-order valence-electron chi connectivity index (χ1n) is 3.71. The Kier molecular flexibility index (Phi) is 4.20. The predicted octanol–water partition coefficient (Wildman–Crippen LogP) is 0.464. The van der Waals surface area contributed by atoms with E-state index in [-0.39, 0.29) is 0 Å². The summed E-state index contributed by atoms with van der Waals surface area (Å²) in [7, 11) is 1.42. The molecule has 0 heterocycles. The van der Waals surface area contributed by atoms with E-state index in [4.69, 9.17) is 10.5 Å². The molecule has 0 aromatic heterocycles. The number of hydrogen-bond donors (Lipinski definition) is 1. The minimum Gasteiger partial charge on any atom is -0.460 e. The number of hydrogen-bond acceptors (Lipinski definition) is 4. The molecule has 0 aliphatic carbocycles. The van der Waals surface area contributed by atoms with Gasteiger partial charge in [-0.05, 0) is 20.8 Å². The molecule has 0 spiro atoms. The van der Waals surface area contributed by atoms with E-state index in [0.29, 0.717) is 0 Å². The van der Waals surface area contributed by atoms with Crippen LogP contribution in [0.2, 0.25) is 0 Å². The van der Waals surface area contributed by atoms with E-state index >= 15 is 0 Å². The van der Waals surface area contributed by atoms with Crippen LogP contribution >= 0.6 is 0 Å². The summed E-state index contributed by atoms with van der Waals surface area (Å²) in [4.78, 5) is 11.0. The van der Waals surface area contributed by atoms with Crippen LogP contribution in [0.15, 0.2) is 0 Å². The third-order valence-corrected chi connectivity index (χ3v) is 0.979. The van der Waals surface area contributed by atoms with E-state index in [1.54, 1.807) is 20.8 Å². The van der Waals surface area contributed by atoms with Gasteiger partial charge in [-0.1, -0.05) is 0 Å². The van der Waals surface area contributed by atoms with Crippen LogP contribution in [0.1, 0.15) is 20.8 Å². The zero-order valence-electron chi connectivity index (χ0n) is 7.96. The summed E-state index contributed by atoms with van der Waals surface area (Å²) in [6.45, 7) is 5.37. The van der Waals surface area contributed by atoms with Crippen molar-refractivity contribution in [2.75, 3.05) is 7.11 Å². The molecule has 0 rings (SSSR count).